The molecule has 1 aliphatic heterocycles. The molecule has 0 spiro atoms. The minimum absolute atomic E-state index is 0.0521. The molecule has 1 atom stereocenters. The van der Waals surface area contributed by atoms with Gasteiger partial charge < -0.3 is 4.90 Å². The molecule has 2 aromatic rings. The SMILES string of the molecule is NNC(=O)C1=CC=C(CN(C(=O)N2CCS(=O)(=O)CC2)c2ccc(-c3cccnc3)cc2)C(F)C1. The summed E-state index contributed by atoms with van der Waals surface area (Å²) < 4.78 is 38.7. The van der Waals surface area contributed by atoms with Crippen LogP contribution in [0.15, 0.2) is 72.1 Å². The van der Waals surface area contributed by atoms with E-state index in [1.807, 2.05) is 29.7 Å². The highest BCUT2D eigenvalue weighted by Crippen LogP contribution is 2.28. The lowest BCUT2D eigenvalue weighted by molar-refractivity contribution is -0.117. The summed E-state index contributed by atoms with van der Waals surface area (Å²) in [6, 6.07) is 10.6. The zero-order valence-electron chi connectivity index (χ0n) is 18.9. The number of halogens is 1. The minimum atomic E-state index is -3.17. The van der Waals surface area contributed by atoms with E-state index in [1.165, 1.54) is 22.0 Å². The molecule has 0 radical (unpaired) electrons. The fourth-order valence-corrected chi connectivity index (χ4v) is 5.21. The molecule has 9 nitrogen and oxygen atoms in total. The summed E-state index contributed by atoms with van der Waals surface area (Å²) in [7, 11) is -3.17. The number of hydrazine groups is 1. The number of amides is 3. The van der Waals surface area contributed by atoms with Gasteiger partial charge in [0.05, 0.1) is 18.1 Å². The molecule has 1 unspecified atom stereocenters. The van der Waals surface area contributed by atoms with Gasteiger partial charge in [-0.25, -0.2) is 23.4 Å². The molecule has 11 heteroatoms. The molecular weight excluding hydrogens is 473 g/mol. The van der Waals surface area contributed by atoms with Gasteiger partial charge in [-0.1, -0.05) is 30.4 Å². The van der Waals surface area contributed by atoms with E-state index in [-0.39, 0.29) is 43.1 Å². The number of nitrogens with zero attached hydrogens (tertiary/aromatic N) is 3. The second kappa shape index (κ2) is 10.4. The highest BCUT2D eigenvalue weighted by Gasteiger charge is 2.31. The molecule has 1 aromatic heterocycles. The van der Waals surface area contributed by atoms with Crippen LogP contribution >= 0.6 is 0 Å². The van der Waals surface area contributed by atoms with Crippen molar-refractivity contribution in [1.29, 1.82) is 0 Å². The number of hydrogen-bond donors (Lipinski definition) is 2. The van der Waals surface area contributed by atoms with Gasteiger partial charge in [0.2, 0.25) is 0 Å². The first-order valence-corrected chi connectivity index (χ1v) is 12.9. The molecule has 1 aliphatic carbocycles. The standard InChI is InChI=1S/C24H26FN5O4S/c25-22-14-18(23(31)28-26)3-4-20(22)16-30(24(32)29-10-12-35(33,34)13-11-29)21-7-5-17(6-8-21)19-2-1-9-27-15-19/h1-9,15,22H,10-14,16,26H2,(H,28,31). The second-order valence-corrected chi connectivity index (χ2v) is 10.7. The summed E-state index contributed by atoms with van der Waals surface area (Å²) in [6.07, 6.45) is 4.77. The fourth-order valence-electron chi connectivity index (χ4n) is 4.01. The van der Waals surface area contributed by atoms with Crippen molar-refractivity contribution in [2.75, 3.05) is 36.0 Å². The van der Waals surface area contributed by atoms with Crippen LogP contribution in [-0.4, -0.2) is 67.6 Å². The average molecular weight is 500 g/mol. The Labute approximate surface area is 203 Å². The number of anilines is 1. The monoisotopic (exact) mass is 499 g/mol. The van der Waals surface area contributed by atoms with E-state index in [0.29, 0.717) is 11.3 Å². The van der Waals surface area contributed by atoms with E-state index in [0.717, 1.165) is 11.1 Å². The average Bonchev–Trinajstić information content (AvgIpc) is 2.88. The Hall–Kier alpha value is -3.57. The summed E-state index contributed by atoms with van der Waals surface area (Å²) >= 11 is 0. The van der Waals surface area contributed by atoms with Crippen LogP contribution in [0.2, 0.25) is 0 Å². The third-order valence-electron chi connectivity index (χ3n) is 6.08. The van der Waals surface area contributed by atoms with Crippen LogP contribution in [0.3, 0.4) is 0 Å². The van der Waals surface area contributed by atoms with Gasteiger partial charge in [-0.05, 0) is 34.9 Å². The normalized spacial score (nSPS) is 19.4. The first-order chi connectivity index (χ1) is 16.8. The van der Waals surface area contributed by atoms with E-state index < -0.39 is 27.9 Å². The van der Waals surface area contributed by atoms with Gasteiger partial charge >= 0.3 is 6.03 Å². The van der Waals surface area contributed by atoms with Gasteiger partial charge in [-0.15, -0.1) is 0 Å². The Morgan fingerprint density at radius 1 is 1.11 bits per heavy atom. The molecule has 184 valence electrons. The predicted molar refractivity (Wildman–Crippen MR) is 131 cm³/mol. The van der Waals surface area contributed by atoms with Crippen LogP contribution in [0.1, 0.15) is 6.42 Å². The lowest BCUT2D eigenvalue weighted by Crippen LogP contribution is -2.50. The number of alkyl halides is 1. The Balaban J connectivity index is 1.62. The summed E-state index contributed by atoms with van der Waals surface area (Å²) in [6.45, 7) is 0.0953. The lowest BCUT2D eigenvalue weighted by atomic mass is 9.95. The number of carbonyl (C=O) groups is 2. The van der Waals surface area contributed by atoms with Crippen molar-refractivity contribution in [2.45, 2.75) is 12.6 Å². The largest absolute Gasteiger partial charge is 0.324 e. The Morgan fingerprint density at radius 3 is 2.43 bits per heavy atom. The first-order valence-electron chi connectivity index (χ1n) is 11.1. The third kappa shape index (κ3) is 5.75. The number of aromatic nitrogens is 1. The van der Waals surface area contributed by atoms with Crippen molar-refractivity contribution in [3.8, 4) is 11.1 Å². The fraction of sp³-hybridized carbons (Fsp3) is 0.292. The van der Waals surface area contributed by atoms with Crippen LogP contribution < -0.4 is 16.2 Å². The molecule has 3 amide bonds. The number of sulfone groups is 1. The summed E-state index contributed by atoms with van der Waals surface area (Å²) in [4.78, 5) is 32.2. The maximum absolute atomic E-state index is 15.0. The molecule has 2 heterocycles. The van der Waals surface area contributed by atoms with Gasteiger partial charge in [0.1, 0.15) is 6.17 Å². The maximum Gasteiger partial charge on any atom is 0.324 e. The van der Waals surface area contributed by atoms with Crippen LogP contribution in [0.25, 0.3) is 11.1 Å². The summed E-state index contributed by atoms with van der Waals surface area (Å²) in [5.41, 5.74) is 4.89. The number of nitrogens with one attached hydrogen (secondary N) is 1. The zero-order valence-corrected chi connectivity index (χ0v) is 19.7. The van der Waals surface area contributed by atoms with Crippen LogP contribution in [0.4, 0.5) is 14.9 Å². The highest BCUT2D eigenvalue weighted by atomic mass is 32.2. The van der Waals surface area contributed by atoms with Gasteiger partial charge in [-0.2, -0.15) is 0 Å². The third-order valence-corrected chi connectivity index (χ3v) is 7.69. The van der Waals surface area contributed by atoms with E-state index >= 15 is 0 Å². The van der Waals surface area contributed by atoms with Crippen LogP contribution in [0, 0.1) is 0 Å². The molecule has 4 rings (SSSR count). The van der Waals surface area contributed by atoms with E-state index in [9.17, 15) is 22.4 Å². The topological polar surface area (TPSA) is 126 Å². The number of hydrogen-bond acceptors (Lipinski definition) is 6. The van der Waals surface area contributed by atoms with Crippen LogP contribution in [0.5, 0.6) is 0 Å². The molecular formula is C24H26FN5O4S. The molecule has 0 bridgehead atoms. The Morgan fingerprint density at radius 2 is 1.83 bits per heavy atom. The molecule has 3 N–H and O–H groups in total. The first kappa shape index (κ1) is 24.6. The number of carbonyl (C=O) groups excluding carboxylic acids is 2. The zero-order chi connectivity index (χ0) is 25.0. The van der Waals surface area contributed by atoms with Gasteiger partial charge in [0, 0.05) is 43.2 Å². The lowest BCUT2D eigenvalue weighted by Gasteiger charge is -2.34. The molecule has 2 aliphatic rings. The van der Waals surface area contributed by atoms with E-state index in [2.05, 4.69) is 4.98 Å². The molecule has 1 aromatic carbocycles. The molecule has 0 saturated carbocycles. The van der Waals surface area contributed by atoms with Crippen molar-refractivity contribution in [3.05, 3.63) is 72.1 Å². The Kier molecular flexibility index (Phi) is 7.27. The smallest absolute Gasteiger partial charge is 0.322 e. The van der Waals surface area contributed by atoms with Gasteiger partial charge in [0.15, 0.2) is 9.84 Å². The number of benzene rings is 1. The van der Waals surface area contributed by atoms with Crippen molar-refractivity contribution in [2.24, 2.45) is 5.84 Å². The van der Waals surface area contributed by atoms with E-state index in [4.69, 9.17) is 5.84 Å². The number of nitrogens with two attached hydrogens (primary N) is 1. The Bertz CT molecular complexity index is 1250. The van der Waals surface area contributed by atoms with Crippen LogP contribution in [-0.2, 0) is 14.6 Å². The minimum Gasteiger partial charge on any atom is -0.322 e. The number of allylic oxidation sites excluding steroid dienone is 2. The number of rotatable bonds is 5. The summed E-state index contributed by atoms with van der Waals surface area (Å²) in [5, 5.41) is 0. The molecule has 35 heavy (non-hydrogen) atoms. The second-order valence-electron chi connectivity index (χ2n) is 8.37. The number of urea groups is 1. The van der Waals surface area contributed by atoms with Crippen molar-refractivity contribution in [1.82, 2.24) is 15.3 Å². The quantitative estimate of drug-likeness (QED) is 0.368. The van der Waals surface area contributed by atoms with E-state index in [1.54, 1.807) is 24.5 Å². The molecule has 1 saturated heterocycles. The molecule has 1 fully saturated rings. The van der Waals surface area contributed by atoms with Gasteiger partial charge in [-0.3, -0.25) is 20.1 Å². The summed E-state index contributed by atoms with van der Waals surface area (Å²) in [5.74, 6) is 4.37. The number of pyridine rings is 1. The van der Waals surface area contributed by atoms with Crippen molar-refractivity contribution < 1.29 is 22.4 Å². The highest BCUT2D eigenvalue weighted by molar-refractivity contribution is 7.91. The van der Waals surface area contributed by atoms with Crippen molar-refractivity contribution >= 4 is 27.5 Å². The van der Waals surface area contributed by atoms with Gasteiger partial charge in [0.25, 0.3) is 5.91 Å². The van der Waals surface area contributed by atoms with Crippen molar-refractivity contribution in [3.63, 3.8) is 0 Å². The maximum atomic E-state index is 15.0. The predicted octanol–water partition coefficient (Wildman–Crippen LogP) is 1.99.